The molecule has 0 aromatic carbocycles. The van der Waals surface area contributed by atoms with Gasteiger partial charge < -0.3 is 0 Å². The highest BCUT2D eigenvalue weighted by atomic mass is 35.5. The lowest BCUT2D eigenvalue weighted by Gasteiger charge is -2.34. The van der Waals surface area contributed by atoms with Gasteiger partial charge in [-0.25, -0.2) is 5.84 Å². The first-order chi connectivity index (χ1) is 7.69. The first kappa shape index (κ1) is 11.9. The van der Waals surface area contributed by atoms with Crippen LogP contribution in [0.3, 0.4) is 0 Å². The number of halogens is 1. The van der Waals surface area contributed by atoms with Crippen molar-refractivity contribution >= 4 is 28.8 Å². The second-order valence-electron chi connectivity index (χ2n) is 4.22. The third kappa shape index (κ3) is 1.97. The first-order valence-electron chi connectivity index (χ1n) is 5.46. The summed E-state index contributed by atoms with van der Waals surface area (Å²) in [7, 11) is 0. The molecule has 3 N–H and O–H groups in total. The molecule has 1 fully saturated rings. The van der Waals surface area contributed by atoms with Crippen molar-refractivity contribution < 1.29 is 4.79 Å². The van der Waals surface area contributed by atoms with Crippen LogP contribution in [0.1, 0.15) is 37.0 Å². The van der Waals surface area contributed by atoms with Gasteiger partial charge in [-0.1, -0.05) is 30.9 Å². The molecule has 1 aromatic heterocycles. The monoisotopic (exact) mass is 258 g/mol. The largest absolute Gasteiger partial charge is 0.293 e. The number of nitrogens with one attached hydrogen (secondary N) is 1. The Bertz CT molecular complexity index is 385. The van der Waals surface area contributed by atoms with Crippen LogP contribution in [0.4, 0.5) is 0 Å². The molecule has 1 heterocycles. The molecule has 1 amide bonds. The van der Waals surface area contributed by atoms with E-state index in [1.807, 2.05) is 12.1 Å². The van der Waals surface area contributed by atoms with E-state index in [0.717, 1.165) is 34.9 Å². The normalized spacial score (nSPS) is 19.4. The number of hydrogen-bond donors (Lipinski definition) is 2. The summed E-state index contributed by atoms with van der Waals surface area (Å²) in [5.74, 6) is 5.23. The third-order valence-corrected chi connectivity index (χ3v) is 4.75. The van der Waals surface area contributed by atoms with Crippen LogP contribution in [0.15, 0.2) is 12.1 Å². The average Bonchev–Trinajstić information content (AvgIpc) is 2.76. The molecule has 1 aliphatic carbocycles. The van der Waals surface area contributed by atoms with E-state index in [1.54, 1.807) is 0 Å². The Morgan fingerprint density at radius 2 is 2.06 bits per heavy atom. The summed E-state index contributed by atoms with van der Waals surface area (Å²) in [6.45, 7) is 0. The van der Waals surface area contributed by atoms with Gasteiger partial charge in [0.1, 0.15) is 0 Å². The van der Waals surface area contributed by atoms with Crippen LogP contribution < -0.4 is 11.3 Å². The van der Waals surface area contributed by atoms with E-state index in [2.05, 4.69) is 5.43 Å². The zero-order valence-electron chi connectivity index (χ0n) is 8.96. The highest BCUT2D eigenvalue weighted by Crippen LogP contribution is 2.43. The quantitative estimate of drug-likeness (QED) is 0.487. The molecule has 0 radical (unpaired) electrons. The Morgan fingerprint density at radius 1 is 1.38 bits per heavy atom. The first-order valence-corrected chi connectivity index (χ1v) is 6.65. The molecular weight excluding hydrogens is 244 g/mol. The van der Waals surface area contributed by atoms with Gasteiger partial charge in [-0.05, 0) is 25.0 Å². The minimum absolute atomic E-state index is 0.0780. The van der Waals surface area contributed by atoms with Crippen LogP contribution in [0.25, 0.3) is 0 Å². The van der Waals surface area contributed by atoms with E-state index in [4.69, 9.17) is 17.4 Å². The van der Waals surface area contributed by atoms with E-state index < -0.39 is 5.41 Å². The topological polar surface area (TPSA) is 55.1 Å². The predicted molar refractivity (Wildman–Crippen MR) is 66.4 cm³/mol. The van der Waals surface area contributed by atoms with E-state index in [1.165, 1.54) is 17.8 Å². The molecule has 2 rings (SSSR count). The van der Waals surface area contributed by atoms with Crippen LogP contribution in [-0.2, 0) is 10.2 Å². The number of amides is 1. The molecule has 88 valence electrons. The Hall–Kier alpha value is -0.580. The number of thiophene rings is 1. The van der Waals surface area contributed by atoms with Gasteiger partial charge in [0.25, 0.3) is 0 Å². The van der Waals surface area contributed by atoms with Crippen molar-refractivity contribution in [1.82, 2.24) is 5.43 Å². The van der Waals surface area contributed by atoms with Crippen molar-refractivity contribution in [3.05, 3.63) is 21.3 Å². The lowest BCUT2D eigenvalue weighted by Crippen LogP contribution is -2.48. The van der Waals surface area contributed by atoms with E-state index in [0.29, 0.717) is 0 Å². The summed E-state index contributed by atoms with van der Waals surface area (Å²) in [6.07, 6.45) is 5.07. The molecule has 16 heavy (non-hydrogen) atoms. The van der Waals surface area contributed by atoms with Crippen molar-refractivity contribution in [3.8, 4) is 0 Å². The van der Waals surface area contributed by atoms with Gasteiger partial charge >= 0.3 is 0 Å². The molecule has 0 aliphatic heterocycles. The maximum absolute atomic E-state index is 12.0. The fourth-order valence-corrected chi connectivity index (χ4v) is 3.74. The molecule has 0 spiro atoms. The third-order valence-electron chi connectivity index (χ3n) is 3.32. The summed E-state index contributed by atoms with van der Waals surface area (Å²) in [5, 5.41) is 0. The van der Waals surface area contributed by atoms with Crippen molar-refractivity contribution in [2.75, 3.05) is 0 Å². The number of hydrazine groups is 1. The van der Waals surface area contributed by atoms with Crippen molar-refractivity contribution in [2.24, 2.45) is 5.84 Å². The van der Waals surface area contributed by atoms with Crippen LogP contribution in [0.5, 0.6) is 0 Å². The van der Waals surface area contributed by atoms with Gasteiger partial charge in [-0.15, -0.1) is 11.3 Å². The van der Waals surface area contributed by atoms with Gasteiger partial charge in [-0.3, -0.25) is 10.2 Å². The molecule has 0 atom stereocenters. The zero-order valence-corrected chi connectivity index (χ0v) is 10.5. The van der Waals surface area contributed by atoms with E-state index in [9.17, 15) is 4.79 Å². The fourth-order valence-electron chi connectivity index (χ4n) is 2.45. The summed E-state index contributed by atoms with van der Waals surface area (Å²) in [5.41, 5.74) is 1.87. The van der Waals surface area contributed by atoms with Crippen LogP contribution in [-0.4, -0.2) is 5.91 Å². The zero-order chi connectivity index (χ0) is 11.6. The lowest BCUT2D eigenvalue weighted by atomic mass is 9.72. The minimum Gasteiger partial charge on any atom is -0.293 e. The summed E-state index contributed by atoms with van der Waals surface area (Å²) in [4.78, 5) is 13.1. The van der Waals surface area contributed by atoms with Gasteiger partial charge in [0.05, 0.1) is 9.75 Å². The fraction of sp³-hybridized carbons (Fsp3) is 0.545. The summed E-state index contributed by atoms with van der Waals surface area (Å²) >= 11 is 7.43. The molecule has 1 aliphatic rings. The standard InChI is InChI=1S/C11H15ClN2OS/c12-9-5-4-8(16-9)11(10(15)14-13)6-2-1-3-7-11/h4-5H,1-3,6-7,13H2,(H,14,15). The van der Waals surface area contributed by atoms with Crippen molar-refractivity contribution in [2.45, 2.75) is 37.5 Å². The maximum Gasteiger partial charge on any atom is 0.245 e. The average molecular weight is 259 g/mol. The number of carbonyl (C=O) groups excluding carboxylic acids is 1. The van der Waals surface area contributed by atoms with Crippen LogP contribution in [0, 0.1) is 0 Å². The molecule has 0 bridgehead atoms. The number of rotatable bonds is 2. The van der Waals surface area contributed by atoms with Gasteiger partial charge in [0.15, 0.2) is 0 Å². The maximum atomic E-state index is 12.0. The second kappa shape index (κ2) is 4.73. The predicted octanol–water partition coefficient (Wildman–Crippen LogP) is 2.59. The van der Waals surface area contributed by atoms with Gasteiger partial charge in [0.2, 0.25) is 5.91 Å². The van der Waals surface area contributed by atoms with Gasteiger partial charge in [-0.2, -0.15) is 0 Å². The Morgan fingerprint density at radius 3 is 2.56 bits per heavy atom. The van der Waals surface area contributed by atoms with E-state index in [-0.39, 0.29) is 5.91 Å². The number of hydrogen-bond acceptors (Lipinski definition) is 3. The molecule has 1 saturated carbocycles. The minimum atomic E-state index is -0.440. The second-order valence-corrected chi connectivity index (χ2v) is 5.94. The van der Waals surface area contributed by atoms with Crippen molar-refractivity contribution in [3.63, 3.8) is 0 Å². The van der Waals surface area contributed by atoms with Gasteiger partial charge in [0, 0.05) is 4.88 Å². The SMILES string of the molecule is NNC(=O)C1(c2ccc(Cl)s2)CCCCC1. The van der Waals surface area contributed by atoms with Crippen LogP contribution in [0.2, 0.25) is 4.34 Å². The molecule has 0 unspecified atom stereocenters. The molecule has 0 saturated heterocycles. The van der Waals surface area contributed by atoms with E-state index >= 15 is 0 Å². The highest BCUT2D eigenvalue weighted by molar-refractivity contribution is 7.16. The lowest BCUT2D eigenvalue weighted by molar-refractivity contribution is -0.128. The molecular formula is C11H15ClN2OS. The summed E-state index contributed by atoms with van der Waals surface area (Å²) in [6, 6.07) is 3.80. The van der Waals surface area contributed by atoms with Crippen molar-refractivity contribution in [1.29, 1.82) is 0 Å². The number of carbonyl (C=O) groups is 1. The number of nitrogens with two attached hydrogens (primary N) is 1. The Kier molecular flexibility index (Phi) is 3.52. The molecule has 5 heteroatoms. The molecule has 3 nitrogen and oxygen atoms in total. The Labute approximate surface area is 104 Å². The smallest absolute Gasteiger partial charge is 0.245 e. The molecule has 1 aromatic rings. The summed E-state index contributed by atoms with van der Waals surface area (Å²) < 4.78 is 0.727. The highest BCUT2D eigenvalue weighted by Gasteiger charge is 2.41. The van der Waals surface area contributed by atoms with Crippen LogP contribution >= 0.6 is 22.9 Å². The Balaban J connectivity index is 2.37.